The van der Waals surface area contributed by atoms with Gasteiger partial charge in [0.05, 0.1) is 10.5 Å². The minimum atomic E-state index is 0.177. The summed E-state index contributed by atoms with van der Waals surface area (Å²) in [4.78, 5) is 18.2. The molecular weight excluding hydrogens is 450 g/mol. The van der Waals surface area contributed by atoms with Gasteiger partial charge in [0.1, 0.15) is 23.7 Å². The summed E-state index contributed by atoms with van der Waals surface area (Å²) in [6.45, 7) is 2.33. The molecule has 170 valence electrons. The fourth-order valence-corrected chi connectivity index (χ4v) is 3.92. The maximum absolute atomic E-state index is 6.56. The van der Waals surface area contributed by atoms with Crippen LogP contribution in [0.25, 0.3) is 33.5 Å². The van der Waals surface area contributed by atoms with Crippen molar-refractivity contribution in [3.8, 4) is 28.5 Å². The third kappa shape index (κ3) is 4.27. The first-order chi connectivity index (χ1) is 16.5. The molecule has 4 aromatic heterocycles. The van der Waals surface area contributed by atoms with E-state index in [0.717, 1.165) is 34.1 Å². The molecule has 2 N–H and O–H groups in total. The van der Waals surface area contributed by atoms with Crippen LogP contribution in [0.4, 0.5) is 5.82 Å². The van der Waals surface area contributed by atoms with Crippen LogP contribution >= 0.6 is 11.6 Å². The van der Waals surface area contributed by atoms with Gasteiger partial charge >= 0.3 is 0 Å². The molecule has 0 saturated heterocycles. The highest BCUT2D eigenvalue weighted by atomic mass is 35.5. The summed E-state index contributed by atoms with van der Waals surface area (Å²) >= 11 is 6.56. The largest absolute Gasteiger partial charge is 0.470 e. The zero-order valence-corrected chi connectivity index (χ0v) is 19.5. The van der Waals surface area contributed by atoms with E-state index < -0.39 is 0 Å². The summed E-state index contributed by atoms with van der Waals surface area (Å²) in [5, 5.41) is 5.90. The Morgan fingerprint density at radius 1 is 1.06 bits per heavy atom. The quantitative estimate of drug-likeness (QED) is 0.377. The van der Waals surface area contributed by atoms with E-state index in [0.29, 0.717) is 22.1 Å². The molecule has 0 fully saturated rings. The van der Waals surface area contributed by atoms with Crippen molar-refractivity contribution in [2.45, 2.75) is 20.0 Å². The first-order valence-corrected chi connectivity index (χ1v) is 11.2. The molecule has 9 heteroatoms. The van der Waals surface area contributed by atoms with Gasteiger partial charge in [0.15, 0.2) is 5.82 Å². The highest BCUT2D eigenvalue weighted by Gasteiger charge is 2.19. The normalized spacial score (nSPS) is 11.1. The van der Waals surface area contributed by atoms with Crippen LogP contribution < -0.4 is 10.5 Å². The number of rotatable bonds is 6. The van der Waals surface area contributed by atoms with Crippen molar-refractivity contribution in [3.05, 3.63) is 77.3 Å². The number of nitrogens with zero attached hydrogens (tertiary/aromatic N) is 6. The number of halogens is 1. The van der Waals surface area contributed by atoms with Crippen molar-refractivity contribution in [1.29, 1.82) is 0 Å². The van der Waals surface area contributed by atoms with E-state index in [4.69, 9.17) is 27.1 Å². The number of ether oxygens (including phenoxy) is 1. The number of benzene rings is 1. The van der Waals surface area contributed by atoms with Crippen LogP contribution in [0.2, 0.25) is 5.02 Å². The van der Waals surface area contributed by atoms with Crippen molar-refractivity contribution >= 4 is 28.3 Å². The summed E-state index contributed by atoms with van der Waals surface area (Å²) in [5.74, 6) is 0.410. The summed E-state index contributed by atoms with van der Waals surface area (Å²) < 4.78 is 7.66. The van der Waals surface area contributed by atoms with Crippen LogP contribution in [0.1, 0.15) is 18.2 Å². The van der Waals surface area contributed by atoms with Gasteiger partial charge in [-0.2, -0.15) is 5.10 Å². The SMILES string of the molecule is CCc1ccc(COc2nc(-c3cc(Cl)c4ncccc4c3)c(-c3ccn(C)n3)nc2N)cn1. The topological polar surface area (TPSA) is 105 Å². The van der Waals surface area contributed by atoms with Gasteiger partial charge in [-0.3, -0.25) is 14.6 Å². The average Bonchev–Trinajstić information content (AvgIpc) is 3.29. The third-order valence-electron chi connectivity index (χ3n) is 5.40. The molecule has 0 aliphatic carbocycles. The Hall–Kier alpha value is -4.04. The van der Waals surface area contributed by atoms with Gasteiger partial charge in [-0.05, 0) is 36.8 Å². The molecule has 0 atom stereocenters. The maximum atomic E-state index is 6.56. The smallest absolute Gasteiger partial charge is 0.258 e. The molecule has 0 spiro atoms. The van der Waals surface area contributed by atoms with Crippen LogP contribution in [0.15, 0.2) is 61.1 Å². The number of nitrogen functional groups attached to an aromatic ring is 1. The van der Waals surface area contributed by atoms with Crippen molar-refractivity contribution in [1.82, 2.24) is 29.7 Å². The van der Waals surface area contributed by atoms with Crippen molar-refractivity contribution in [2.24, 2.45) is 7.05 Å². The molecule has 5 rings (SSSR count). The molecule has 0 unspecified atom stereocenters. The van der Waals surface area contributed by atoms with E-state index in [2.05, 4.69) is 27.0 Å². The van der Waals surface area contributed by atoms with Gasteiger partial charge in [-0.25, -0.2) is 9.97 Å². The van der Waals surface area contributed by atoms with Crippen LogP contribution in [-0.2, 0) is 20.1 Å². The Morgan fingerprint density at radius 3 is 2.68 bits per heavy atom. The summed E-state index contributed by atoms with van der Waals surface area (Å²) in [5.41, 5.74) is 11.4. The zero-order valence-electron chi connectivity index (χ0n) is 18.7. The minimum Gasteiger partial charge on any atom is -0.470 e. The van der Waals surface area contributed by atoms with Gasteiger partial charge in [-0.1, -0.05) is 30.7 Å². The van der Waals surface area contributed by atoms with E-state index in [-0.39, 0.29) is 18.3 Å². The minimum absolute atomic E-state index is 0.177. The lowest BCUT2D eigenvalue weighted by Gasteiger charge is -2.13. The lowest BCUT2D eigenvalue weighted by molar-refractivity contribution is 0.294. The van der Waals surface area contributed by atoms with Crippen molar-refractivity contribution in [3.63, 3.8) is 0 Å². The number of aromatic nitrogens is 6. The molecule has 4 heterocycles. The summed E-state index contributed by atoms with van der Waals surface area (Å²) in [6.07, 6.45) is 6.22. The second kappa shape index (κ2) is 9.07. The molecule has 0 bridgehead atoms. The van der Waals surface area contributed by atoms with Crippen LogP contribution in [0, 0.1) is 0 Å². The monoisotopic (exact) mass is 471 g/mol. The Balaban J connectivity index is 1.59. The van der Waals surface area contributed by atoms with Gasteiger partial charge in [0.25, 0.3) is 5.88 Å². The first kappa shape index (κ1) is 21.8. The highest BCUT2D eigenvalue weighted by molar-refractivity contribution is 6.35. The molecule has 0 aliphatic rings. The van der Waals surface area contributed by atoms with Crippen LogP contribution in [0.3, 0.4) is 0 Å². The molecule has 34 heavy (non-hydrogen) atoms. The second-order valence-electron chi connectivity index (χ2n) is 7.82. The first-order valence-electron chi connectivity index (χ1n) is 10.8. The molecule has 0 saturated carbocycles. The maximum Gasteiger partial charge on any atom is 0.258 e. The second-order valence-corrected chi connectivity index (χ2v) is 8.23. The highest BCUT2D eigenvalue weighted by Crippen LogP contribution is 2.36. The van der Waals surface area contributed by atoms with E-state index >= 15 is 0 Å². The molecule has 0 amide bonds. The Kier molecular flexibility index (Phi) is 5.81. The predicted octanol–water partition coefficient (Wildman–Crippen LogP) is 4.86. The van der Waals surface area contributed by atoms with Gasteiger partial charge < -0.3 is 10.5 Å². The number of hydrogen-bond acceptors (Lipinski definition) is 7. The number of nitrogens with two attached hydrogens (primary N) is 1. The molecular formula is C25H22ClN7O. The van der Waals surface area contributed by atoms with Gasteiger partial charge in [-0.15, -0.1) is 0 Å². The number of anilines is 1. The number of hydrogen-bond donors (Lipinski definition) is 1. The lowest BCUT2D eigenvalue weighted by atomic mass is 10.0. The fraction of sp³-hybridized carbons (Fsp3) is 0.160. The predicted molar refractivity (Wildman–Crippen MR) is 132 cm³/mol. The number of aryl methyl sites for hydroxylation is 2. The van der Waals surface area contributed by atoms with E-state index in [1.165, 1.54) is 0 Å². The lowest BCUT2D eigenvalue weighted by Crippen LogP contribution is -2.06. The van der Waals surface area contributed by atoms with E-state index in [1.54, 1.807) is 17.1 Å². The number of pyridine rings is 2. The molecule has 5 aromatic rings. The van der Waals surface area contributed by atoms with Crippen molar-refractivity contribution in [2.75, 3.05) is 5.73 Å². The van der Waals surface area contributed by atoms with Crippen LogP contribution in [-0.4, -0.2) is 29.7 Å². The van der Waals surface area contributed by atoms with E-state index in [1.807, 2.05) is 55.7 Å². The average molecular weight is 472 g/mol. The molecule has 8 nitrogen and oxygen atoms in total. The fourth-order valence-electron chi connectivity index (χ4n) is 3.65. The standard InChI is InChI=1S/C25H22ClN7O/c1-3-18-7-6-15(13-29-18)14-34-25-24(27)30-23(20-8-10-33(2)32-20)22(31-25)17-11-16-5-4-9-28-21(16)19(26)12-17/h4-13H,3,14H2,1-2H3,(H2,27,30). The van der Waals surface area contributed by atoms with E-state index in [9.17, 15) is 0 Å². The zero-order chi connectivity index (χ0) is 23.7. The molecule has 0 radical (unpaired) electrons. The van der Waals surface area contributed by atoms with Crippen LogP contribution in [0.5, 0.6) is 5.88 Å². The number of fused-ring (bicyclic) bond motifs is 1. The Bertz CT molecular complexity index is 1480. The molecule has 1 aromatic carbocycles. The molecule has 0 aliphatic heterocycles. The van der Waals surface area contributed by atoms with Gasteiger partial charge in [0.2, 0.25) is 0 Å². The third-order valence-corrected chi connectivity index (χ3v) is 5.69. The summed E-state index contributed by atoms with van der Waals surface area (Å²) in [6, 6.07) is 13.4. The Morgan fingerprint density at radius 2 is 1.94 bits per heavy atom. The summed E-state index contributed by atoms with van der Waals surface area (Å²) in [7, 11) is 1.84. The van der Waals surface area contributed by atoms with Crippen molar-refractivity contribution < 1.29 is 4.74 Å². The Labute approximate surface area is 201 Å². The van der Waals surface area contributed by atoms with Gasteiger partial charge in [0, 0.05) is 47.8 Å².